The number of anilines is 1. The maximum Gasteiger partial charge on any atom is 0.180 e. The summed E-state index contributed by atoms with van der Waals surface area (Å²) in [6.45, 7) is 9.56. The molecule has 0 N–H and O–H groups in total. The zero-order chi connectivity index (χ0) is 22.7. The smallest absolute Gasteiger partial charge is 0.180 e. The van der Waals surface area contributed by atoms with Gasteiger partial charge in [0, 0.05) is 63.3 Å². The Hall–Kier alpha value is -2.61. The number of ether oxygens (including phenoxy) is 2. The lowest BCUT2D eigenvalue weighted by atomic mass is 9.91. The van der Waals surface area contributed by atoms with Gasteiger partial charge in [-0.05, 0) is 31.0 Å². The zero-order valence-corrected chi connectivity index (χ0v) is 19.8. The molecule has 0 bridgehead atoms. The summed E-state index contributed by atoms with van der Waals surface area (Å²) >= 11 is 0. The van der Waals surface area contributed by atoms with Crippen LogP contribution in [-0.4, -0.2) is 80.1 Å². The third kappa shape index (κ3) is 4.65. The Kier molecular flexibility index (Phi) is 6.40. The first-order valence-electron chi connectivity index (χ1n) is 12.7. The molecule has 3 saturated heterocycles. The molecule has 2 atom stereocenters. The number of hydrogen-bond donors (Lipinski definition) is 0. The molecule has 0 amide bonds. The minimum absolute atomic E-state index is 0.576. The maximum absolute atomic E-state index is 6.41. The zero-order valence-electron chi connectivity index (χ0n) is 19.8. The van der Waals surface area contributed by atoms with Crippen LogP contribution in [0, 0.1) is 5.92 Å². The molecule has 2 aromatic carbocycles. The highest BCUT2D eigenvalue weighted by atomic mass is 16.5. The lowest BCUT2D eigenvalue weighted by Gasteiger charge is -2.46. The second-order valence-electron chi connectivity index (χ2n) is 9.85. The van der Waals surface area contributed by atoms with Gasteiger partial charge in [-0.2, -0.15) is 0 Å². The largest absolute Gasteiger partial charge is 0.493 e. The number of aromatic nitrogens is 1. The fraction of sp³-hybridized carbons (Fsp3) is 0.519. The van der Waals surface area contributed by atoms with E-state index in [9.17, 15) is 0 Å². The molecule has 7 heteroatoms. The van der Waals surface area contributed by atoms with E-state index in [1.54, 1.807) is 0 Å². The van der Waals surface area contributed by atoms with Crippen molar-refractivity contribution in [3.05, 3.63) is 54.1 Å². The molecule has 3 aliphatic rings. The third-order valence-electron chi connectivity index (χ3n) is 7.61. The van der Waals surface area contributed by atoms with E-state index in [4.69, 9.17) is 14.0 Å². The van der Waals surface area contributed by atoms with E-state index < -0.39 is 0 Å². The second kappa shape index (κ2) is 9.94. The van der Waals surface area contributed by atoms with E-state index in [2.05, 4.69) is 56.3 Å². The topological polar surface area (TPSA) is 54.2 Å². The van der Waals surface area contributed by atoms with Crippen LogP contribution in [0.1, 0.15) is 18.4 Å². The van der Waals surface area contributed by atoms with Crippen molar-refractivity contribution in [3.8, 4) is 5.75 Å². The van der Waals surface area contributed by atoms with Gasteiger partial charge < -0.3 is 18.9 Å². The number of hydrogen-bond acceptors (Lipinski definition) is 7. The molecule has 0 spiro atoms. The molecule has 0 radical (unpaired) electrons. The van der Waals surface area contributed by atoms with Crippen molar-refractivity contribution in [2.75, 3.05) is 64.0 Å². The molecule has 3 fully saturated rings. The van der Waals surface area contributed by atoms with Crippen LogP contribution in [0.25, 0.3) is 11.0 Å². The summed E-state index contributed by atoms with van der Waals surface area (Å²) in [4.78, 5) is 7.52. The predicted octanol–water partition coefficient (Wildman–Crippen LogP) is 3.64. The van der Waals surface area contributed by atoms with Crippen LogP contribution < -0.4 is 9.64 Å². The summed E-state index contributed by atoms with van der Waals surface area (Å²) in [5, 5.41) is 5.51. The molecular weight excluding hydrogens is 428 g/mol. The number of benzene rings is 2. The van der Waals surface area contributed by atoms with Gasteiger partial charge in [0.2, 0.25) is 0 Å². The summed E-state index contributed by atoms with van der Waals surface area (Å²) in [6, 6.07) is 17.3. The van der Waals surface area contributed by atoms with Crippen molar-refractivity contribution in [1.82, 2.24) is 15.0 Å². The number of fused-ring (bicyclic) bond motifs is 2. The highest BCUT2D eigenvalue weighted by Gasteiger charge is 2.34. The number of nitrogens with zero attached hydrogens (tertiary/aromatic N) is 4. The van der Waals surface area contributed by atoms with Gasteiger partial charge in [-0.3, -0.25) is 9.80 Å². The Morgan fingerprint density at radius 2 is 1.76 bits per heavy atom. The van der Waals surface area contributed by atoms with E-state index in [1.165, 1.54) is 18.4 Å². The Morgan fingerprint density at radius 3 is 2.71 bits per heavy atom. The lowest BCUT2D eigenvalue weighted by molar-refractivity contribution is 0.0335. The molecule has 1 aromatic heterocycles. The number of para-hydroxylation sites is 2. The second-order valence-corrected chi connectivity index (χ2v) is 9.85. The first kappa shape index (κ1) is 21.9. The summed E-state index contributed by atoms with van der Waals surface area (Å²) in [7, 11) is 0. The standard InChI is InChI=1S/C27H34N4O3/c1-3-7-25(22(5-1)18-29-13-15-32-16-14-29)33-20-21-9-10-23-19-31(12-11-30(23)17-21)27-24-6-2-4-8-26(24)34-28-27/h1-8,21,23H,9-20H2/t21-,23-/m0/s1. The first-order valence-corrected chi connectivity index (χ1v) is 12.7. The molecule has 4 heterocycles. The number of piperazine rings is 1. The number of morpholine rings is 1. The van der Waals surface area contributed by atoms with Gasteiger partial charge in [0.25, 0.3) is 0 Å². The van der Waals surface area contributed by atoms with Gasteiger partial charge >= 0.3 is 0 Å². The third-order valence-corrected chi connectivity index (χ3v) is 7.61. The molecule has 0 unspecified atom stereocenters. The minimum atomic E-state index is 0.576. The Bertz CT molecular complexity index is 1100. The van der Waals surface area contributed by atoms with Crippen molar-refractivity contribution in [1.29, 1.82) is 0 Å². The van der Waals surface area contributed by atoms with Crippen molar-refractivity contribution in [3.63, 3.8) is 0 Å². The SMILES string of the molecule is c1ccc(OC[C@H]2CC[C@H]3CN(c4noc5ccccc45)CCN3C2)c(CN2CCOCC2)c1. The predicted molar refractivity (Wildman–Crippen MR) is 132 cm³/mol. The molecule has 0 saturated carbocycles. The fourth-order valence-corrected chi connectivity index (χ4v) is 5.67. The Labute approximate surface area is 201 Å². The molecule has 7 nitrogen and oxygen atoms in total. The van der Waals surface area contributed by atoms with E-state index >= 15 is 0 Å². The van der Waals surface area contributed by atoms with Crippen LogP contribution in [-0.2, 0) is 11.3 Å². The van der Waals surface area contributed by atoms with Gasteiger partial charge in [0.05, 0.1) is 25.2 Å². The summed E-state index contributed by atoms with van der Waals surface area (Å²) in [6.07, 6.45) is 2.41. The maximum atomic E-state index is 6.41. The summed E-state index contributed by atoms with van der Waals surface area (Å²) in [5.41, 5.74) is 2.15. The van der Waals surface area contributed by atoms with Gasteiger partial charge in [-0.25, -0.2) is 0 Å². The minimum Gasteiger partial charge on any atom is -0.493 e. The summed E-state index contributed by atoms with van der Waals surface area (Å²) < 4.78 is 17.5. The van der Waals surface area contributed by atoms with Crippen LogP contribution >= 0.6 is 0 Å². The number of piperidine rings is 1. The summed E-state index contributed by atoms with van der Waals surface area (Å²) in [5.74, 6) is 2.61. The molecular formula is C27H34N4O3. The van der Waals surface area contributed by atoms with Crippen LogP contribution in [0.5, 0.6) is 5.75 Å². The van der Waals surface area contributed by atoms with Gasteiger partial charge in [0.15, 0.2) is 11.4 Å². The van der Waals surface area contributed by atoms with Gasteiger partial charge in [-0.15, -0.1) is 0 Å². The molecule has 34 heavy (non-hydrogen) atoms. The fourth-order valence-electron chi connectivity index (χ4n) is 5.67. The first-order chi connectivity index (χ1) is 16.8. The van der Waals surface area contributed by atoms with Crippen molar-refractivity contribution >= 4 is 16.8 Å². The van der Waals surface area contributed by atoms with Crippen LogP contribution in [0.4, 0.5) is 5.82 Å². The molecule has 180 valence electrons. The molecule has 0 aliphatic carbocycles. The van der Waals surface area contributed by atoms with E-state index in [0.29, 0.717) is 12.0 Å². The normalized spacial score (nSPS) is 24.3. The van der Waals surface area contributed by atoms with Gasteiger partial charge in [-0.1, -0.05) is 35.5 Å². The lowest BCUT2D eigenvalue weighted by Crippen LogP contribution is -2.57. The Balaban J connectivity index is 1.04. The van der Waals surface area contributed by atoms with Crippen molar-refractivity contribution in [2.45, 2.75) is 25.4 Å². The highest BCUT2D eigenvalue weighted by molar-refractivity contribution is 5.88. The molecule has 6 rings (SSSR count). The highest BCUT2D eigenvalue weighted by Crippen LogP contribution is 2.31. The average Bonchev–Trinajstić information content (AvgIpc) is 3.33. The van der Waals surface area contributed by atoms with E-state index in [-0.39, 0.29) is 0 Å². The van der Waals surface area contributed by atoms with Crippen molar-refractivity contribution < 1.29 is 14.0 Å². The van der Waals surface area contributed by atoms with E-state index in [1.807, 2.05) is 12.1 Å². The monoisotopic (exact) mass is 462 g/mol. The molecule has 3 aromatic rings. The number of rotatable bonds is 6. The van der Waals surface area contributed by atoms with E-state index in [0.717, 1.165) is 88.2 Å². The average molecular weight is 463 g/mol. The van der Waals surface area contributed by atoms with Gasteiger partial charge in [0.1, 0.15) is 5.75 Å². The molecule has 3 aliphatic heterocycles. The van der Waals surface area contributed by atoms with Crippen molar-refractivity contribution in [2.24, 2.45) is 5.92 Å². The van der Waals surface area contributed by atoms with Crippen LogP contribution in [0.15, 0.2) is 53.1 Å². The quantitative estimate of drug-likeness (QED) is 0.554. The van der Waals surface area contributed by atoms with Crippen LogP contribution in [0.2, 0.25) is 0 Å². The van der Waals surface area contributed by atoms with Crippen LogP contribution in [0.3, 0.4) is 0 Å². The Morgan fingerprint density at radius 1 is 0.912 bits per heavy atom.